The van der Waals surface area contributed by atoms with E-state index in [-0.39, 0.29) is 5.91 Å². The number of carbonyl (C=O) groups is 1. The normalized spacial score (nSPS) is 10.1. The molecule has 0 spiro atoms. The molecule has 0 unspecified atom stereocenters. The molecular weight excluding hydrogens is 278 g/mol. The Balaban J connectivity index is 1.96. The van der Waals surface area contributed by atoms with Gasteiger partial charge in [0.25, 0.3) is 5.91 Å². The minimum Gasteiger partial charge on any atom is -0.497 e. The Morgan fingerprint density at radius 2 is 1.91 bits per heavy atom. The number of hydrogen-bond acceptors (Lipinski definition) is 3. The van der Waals surface area contributed by atoms with Gasteiger partial charge in [0, 0.05) is 12.1 Å². The molecule has 2 aromatic rings. The van der Waals surface area contributed by atoms with Gasteiger partial charge in [0.05, 0.1) is 14.2 Å². The zero-order chi connectivity index (χ0) is 15.9. The lowest BCUT2D eigenvalue weighted by atomic mass is 10.1. The van der Waals surface area contributed by atoms with Crippen LogP contribution in [0.15, 0.2) is 42.5 Å². The smallest absolute Gasteiger partial charge is 0.251 e. The van der Waals surface area contributed by atoms with Crippen molar-refractivity contribution in [3.05, 3.63) is 59.2 Å². The van der Waals surface area contributed by atoms with Crippen LogP contribution in [0.4, 0.5) is 0 Å². The molecule has 2 aromatic carbocycles. The van der Waals surface area contributed by atoms with Gasteiger partial charge in [0.2, 0.25) is 0 Å². The molecule has 0 heterocycles. The summed E-state index contributed by atoms with van der Waals surface area (Å²) in [5, 5.41) is 2.92. The molecule has 0 saturated carbocycles. The van der Waals surface area contributed by atoms with Crippen molar-refractivity contribution < 1.29 is 14.3 Å². The molecule has 0 aliphatic heterocycles. The fraction of sp³-hybridized carbons (Fsp3) is 0.278. The minimum absolute atomic E-state index is 0.106. The van der Waals surface area contributed by atoms with E-state index in [0.29, 0.717) is 17.9 Å². The Morgan fingerprint density at radius 3 is 2.64 bits per heavy atom. The second-order valence-corrected chi connectivity index (χ2v) is 5.05. The highest BCUT2D eigenvalue weighted by atomic mass is 16.5. The highest BCUT2D eigenvalue weighted by Gasteiger charge is 2.07. The largest absolute Gasteiger partial charge is 0.497 e. The van der Waals surface area contributed by atoms with E-state index in [0.717, 1.165) is 17.7 Å². The number of rotatable bonds is 6. The molecule has 0 radical (unpaired) electrons. The highest BCUT2D eigenvalue weighted by molar-refractivity contribution is 5.94. The topological polar surface area (TPSA) is 47.6 Å². The van der Waals surface area contributed by atoms with Crippen LogP contribution in [0.1, 0.15) is 21.5 Å². The van der Waals surface area contributed by atoms with Crippen LogP contribution >= 0.6 is 0 Å². The molecule has 1 N–H and O–H groups in total. The Morgan fingerprint density at radius 1 is 1.09 bits per heavy atom. The van der Waals surface area contributed by atoms with Gasteiger partial charge in [-0.1, -0.05) is 23.8 Å². The molecule has 4 nitrogen and oxygen atoms in total. The van der Waals surface area contributed by atoms with Gasteiger partial charge in [-0.15, -0.1) is 0 Å². The summed E-state index contributed by atoms with van der Waals surface area (Å²) in [6.45, 7) is 2.59. The Bertz CT molecular complexity index is 653. The Kier molecular flexibility index (Phi) is 5.42. The van der Waals surface area contributed by atoms with E-state index in [4.69, 9.17) is 9.47 Å². The summed E-state index contributed by atoms with van der Waals surface area (Å²) < 4.78 is 10.5. The summed E-state index contributed by atoms with van der Waals surface area (Å²) in [5.41, 5.74) is 2.86. The third-order valence-corrected chi connectivity index (χ3v) is 3.45. The van der Waals surface area contributed by atoms with Gasteiger partial charge in [0.15, 0.2) is 0 Å². The first kappa shape index (κ1) is 15.9. The van der Waals surface area contributed by atoms with Crippen molar-refractivity contribution in [2.45, 2.75) is 13.3 Å². The number of benzene rings is 2. The number of hydrogen-bond donors (Lipinski definition) is 1. The second kappa shape index (κ2) is 7.50. The van der Waals surface area contributed by atoms with Crippen LogP contribution in [-0.4, -0.2) is 26.7 Å². The maximum Gasteiger partial charge on any atom is 0.251 e. The van der Waals surface area contributed by atoms with Crippen molar-refractivity contribution in [2.24, 2.45) is 0 Å². The van der Waals surface area contributed by atoms with Crippen LogP contribution in [0.2, 0.25) is 0 Å². The molecule has 0 atom stereocenters. The van der Waals surface area contributed by atoms with Crippen molar-refractivity contribution >= 4 is 5.91 Å². The van der Waals surface area contributed by atoms with Crippen molar-refractivity contribution in [1.82, 2.24) is 5.32 Å². The Hall–Kier alpha value is -2.49. The van der Waals surface area contributed by atoms with Crippen molar-refractivity contribution in [3.8, 4) is 11.5 Å². The van der Waals surface area contributed by atoms with Crippen LogP contribution in [0.25, 0.3) is 0 Å². The second-order valence-electron chi connectivity index (χ2n) is 5.05. The van der Waals surface area contributed by atoms with E-state index in [1.165, 1.54) is 5.56 Å². The van der Waals surface area contributed by atoms with E-state index in [2.05, 4.69) is 11.4 Å². The van der Waals surface area contributed by atoms with Crippen LogP contribution in [-0.2, 0) is 6.42 Å². The average molecular weight is 299 g/mol. The number of carbonyl (C=O) groups excluding carboxylic acids is 1. The van der Waals surface area contributed by atoms with E-state index >= 15 is 0 Å². The van der Waals surface area contributed by atoms with Crippen LogP contribution < -0.4 is 14.8 Å². The number of methoxy groups -OCH3 is 2. The quantitative estimate of drug-likeness (QED) is 0.892. The first-order valence-corrected chi connectivity index (χ1v) is 7.20. The lowest BCUT2D eigenvalue weighted by molar-refractivity contribution is 0.0953. The van der Waals surface area contributed by atoms with Gasteiger partial charge in [-0.2, -0.15) is 0 Å². The van der Waals surface area contributed by atoms with Gasteiger partial charge < -0.3 is 14.8 Å². The lowest BCUT2D eigenvalue weighted by Crippen LogP contribution is -2.25. The first-order valence-electron chi connectivity index (χ1n) is 7.20. The van der Waals surface area contributed by atoms with Crippen LogP contribution in [0, 0.1) is 6.92 Å². The predicted molar refractivity (Wildman–Crippen MR) is 86.8 cm³/mol. The van der Waals surface area contributed by atoms with Gasteiger partial charge in [0.1, 0.15) is 11.5 Å². The molecule has 2 rings (SSSR count). The van der Waals surface area contributed by atoms with Crippen LogP contribution in [0.5, 0.6) is 11.5 Å². The fourth-order valence-corrected chi connectivity index (χ4v) is 2.28. The molecule has 0 fully saturated rings. The molecule has 0 aliphatic carbocycles. The third-order valence-electron chi connectivity index (χ3n) is 3.45. The SMILES string of the molecule is COc1cccc(C(=O)NCCc2cc(C)ccc2OC)c1. The number of ether oxygens (including phenoxy) is 2. The van der Waals surface area contributed by atoms with Crippen LogP contribution in [0.3, 0.4) is 0 Å². The van der Waals surface area contributed by atoms with Crippen molar-refractivity contribution in [3.63, 3.8) is 0 Å². The van der Waals surface area contributed by atoms with Gasteiger partial charge >= 0.3 is 0 Å². The van der Waals surface area contributed by atoms with Gasteiger partial charge in [-0.25, -0.2) is 0 Å². The maximum absolute atomic E-state index is 12.1. The van der Waals surface area contributed by atoms with Crippen molar-refractivity contribution in [1.29, 1.82) is 0 Å². The predicted octanol–water partition coefficient (Wildman–Crippen LogP) is 2.98. The highest BCUT2D eigenvalue weighted by Crippen LogP contribution is 2.20. The molecule has 0 saturated heterocycles. The molecular formula is C18H21NO3. The zero-order valence-corrected chi connectivity index (χ0v) is 13.2. The minimum atomic E-state index is -0.106. The average Bonchev–Trinajstić information content (AvgIpc) is 2.55. The third kappa shape index (κ3) is 4.01. The standard InChI is InChI=1S/C18H21NO3/c1-13-7-8-17(22-3)14(11-13)9-10-19-18(20)15-5-4-6-16(12-15)21-2/h4-8,11-12H,9-10H2,1-3H3,(H,19,20). The molecule has 0 aromatic heterocycles. The van der Waals surface area contributed by atoms with Gasteiger partial charge in [-0.3, -0.25) is 4.79 Å². The lowest BCUT2D eigenvalue weighted by Gasteiger charge is -2.10. The number of aryl methyl sites for hydroxylation is 1. The summed E-state index contributed by atoms with van der Waals surface area (Å²) in [6.07, 6.45) is 0.723. The molecule has 4 heteroatoms. The number of amides is 1. The summed E-state index contributed by atoms with van der Waals surface area (Å²) in [6, 6.07) is 13.2. The van der Waals surface area contributed by atoms with Crippen molar-refractivity contribution in [2.75, 3.05) is 20.8 Å². The number of nitrogens with one attached hydrogen (secondary N) is 1. The van der Waals surface area contributed by atoms with Gasteiger partial charge in [-0.05, 0) is 43.2 Å². The molecule has 22 heavy (non-hydrogen) atoms. The van der Waals surface area contributed by atoms with E-state index < -0.39 is 0 Å². The summed E-state index contributed by atoms with van der Waals surface area (Å²) >= 11 is 0. The summed E-state index contributed by atoms with van der Waals surface area (Å²) in [7, 11) is 3.24. The maximum atomic E-state index is 12.1. The molecule has 1 amide bonds. The monoisotopic (exact) mass is 299 g/mol. The molecule has 0 bridgehead atoms. The van der Waals surface area contributed by atoms with E-state index in [9.17, 15) is 4.79 Å². The Labute approximate surface area is 131 Å². The molecule has 0 aliphatic rings. The summed E-state index contributed by atoms with van der Waals surface area (Å²) in [5.74, 6) is 1.42. The molecule has 116 valence electrons. The fourth-order valence-electron chi connectivity index (χ4n) is 2.28. The zero-order valence-electron chi connectivity index (χ0n) is 13.2. The summed E-state index contributed by atoms with van der Waals surface area (Å²) in [4.78, 5) is 12.1. The first-order chi connectivity index (χ1) is 10.6. The van der Waals surface area contributed by atoms with E-state index in [1.807, 2.05) is 25.1 Å². The van der Waals surface area contributed by atoms with E-state index in [1.54, 1.807) is 32.4 Å².